The molecule has 1 aromatic carbocycles. The molecular formula is C20H31NO2. The van der Waals surface area contributed by atoms with Gasteiger partial charge in [0, 0.05) is 25.5 Å². The van der Waals surface area contributed by atoms with Crippen LogP contribution in [0.2, 0.25) is 0 Å². The molecule has 0 bridgehead atoms. The zero-order valence-corrected chi connectivity index (χ0v) is 15.5. The van der Waals surface area contributed by atoms with Crippen LogP contribution >= 0.6 is 0 Å². The molecule has 1 N–H and O–H groups in total. The van der Waals surface area contributed by atoms with Crippen LogP contribution in [0.3, 0.4) is 0 Å². The number of fused-ring (bicyclic) bond motifs is 3. The van der Waals surface area contributed by atoms with Gasteiger partial charge in [0.2, 0.25) is 5.91 Å². The average molecular weight is 317 g/mol. The molecule has 0 saturated carbocycles. The highest BCUT2D eigenvalue weighted by molar-refractivity contribution is 5.80. The summed E-state index contributed by atoms with van der Waals surface area (Å²) < 4.78 is 5.66. The van der Waals surface area contributed by atoms with E-state index in [0.29, 0.717) is 6.54 Å². The van der Waals surface area contributed by atoms with Crippen molar-refractivity contribution in [3.63, 3.8) is 0 Å². The maximum atomic E-state index is 11.0. The quantitative estimate of drug-likeness (QED) is 0.889. The zero-order chi connectivity index (χ0) is 17.4. The fourth-order valence-electron chi connectivity index (χ4n) is 3.15. The van der Waals surface area contributed by atoms with Crippen LogP contribution in [0.25, 0.3) is 5.57 Å². The number of benzene rings is 1. The van der Waals surface area contributed by atoms with Crippen LogP contribution < -0.4 is 10.1 Å². The summed E-state index contributed by atoms with van der Waals surface area (Å²) in [6.07, 6.45) is 2.96. The Morgan fingerprint density at radius 2 is 1.91 bits per heavy atom. The molecule has 0 saturated heterocycles. The lowest BCUT2D eigenvalue weighted by molar-refractivity contribution is -0.118. The van der Waals surface area contributed by atoms with Gasteiger partial charge >= 0.3 is 0 Å². The SMILES string of the molecule is CC.CC.CC(=O)NCCC1=C(C)Cc2ccc3c(c21)CCO3. The van der Waals surface area contributed by atoms with Gasteiger partial charge in [-0.25, -0.2) is 0 Å². The molecule has 0 unspecified atom stereocenters. The van der Waals surface area contributed by atoms with Crippen molar-refractivity contribution in [2.45, 2.75) is 60.8 Å². The molecule has 1 amide bonds. The minimum atomic E-state index is 0.0399. The van der Waals surface area contributed by atoms with Crippen molar-refractivity contribution < 1.29 is 9.53 Å². The van der Waals surface area contributed by atoms with Crippen molar-refractivity contribution in [1.82, 2.24) is 5.32 Å². The molecule has 1 aromatic rings. The first-order chi connectivity index (χ1) is 11.2. The Morgan fingerprint density at radius 3 is 2.57 bits per heavy atom. The van der Waals surface area contributed by atoms with Gasteiger partial charge in [-0.05, 0) is 42.5 Å². The molecule has 23 heavy (non-hydrogen) atoms. The van der Waals surface area contributed by atoms with Crippen LogP contribution in [-0.2, 0) is 17.6 Å². The highest BCUT2D eigenvalue weighted by Gasteiger charge is 2.26. The van der Waals surface area contributed by atoms with E-state index in [1.165, 1.54) is 27.8 Å². The topological polar surface area (TPSA) is 38.3 Å². The van der Waals surface area contributed by atoms with Gasteiger partial charge in [-0.3, -0.25) is 4.79 Å². The summed E-state index contributed by atoms with van der Waals surface area (Å²) in [6, 6.07) is 4.29. The van der Waals surface area contributed by atoms with Crippen LogP contribution in [0.1, 0.15) is 64.7 Å². The van der Waals surface area contributed by atoms with Crippen LogP contribution in [0.5, 0.6) is 5.75 Å². The summed E-state index contributed by atoms with van der Waals surface area (Å²) in [6.45, 7) is 13.3. The summed E-state index contributed by atoms with van der Waals surface area (Å²) in [7, 11) is 0. The predicted molar refractivity (Wildman–Crippen MR) is 97.9 cm³/mol. The van der Waals surface area contributed by atoms with E-state index >= 15 is 0 Å². The summed E-state index contributed by atoms with van der Waals surface area (Å²) in [5, 5.41) is 2.89. The molecule has 3 nitrogen and oxygen atoms in total. The Bertz CT molecular complexity index is 573. The van der Waals surface area contributed by atoms with E-state index in [0.717, 1.165) is 31.6 Å². The summed E-state index contributed by atoms with van der Waals surface area (Å²) >= 11 is 0. The second-order valence-electron chi connectivity index (χ2n) is 5.34. The second kappa shape index (κ2) is 9.39. The van der Waals surface area contributed by atoms with E-state index in [2.05, 4.69) is 24.4 Å². The van der Waals surface area contributed by atoms with Gasteiger partial charge in [0.15, 0.2) is 0 Å². The first-order valence-electron chi connectivity index (χ1n) is 8.88. The first-order valence-corrected chi connectivity index (χ1v) is 8.88. The molecular weight excluding hydrogens is 286 g/mol. The van der Waals surface area contributed by atoms with Crippen molar-refractivity contribution >= 4 is 11.5 Å². The van der Waals surface area contributed by atoms with Gasteiger partial charge < -0.3 is 10.1 Å². The Labute approximate surface area is 141 Å². The van der Waals surface area contributed by atoms with Crippen LogP contribution in [-0.4, -0.2) is 19.1 Å². The number of carbonyl (C=O) groups excluding carboxylic acids is 1. The molecule has 128 valence electrons. The molecule has 1 heterocycles. The molecule has 1 aliphatic heterocycles. The number of allylic oxidation sites excluding steroid dienone is 1. The second-order valence-corrected chi connectivity index (χ2v) is 5.34. The molecule has 0 fully saturated rings. The standard InChI is InChI=1S/C16H19NO2.2C2H6/c1-10-9-12-3-4-15-14(6-8-19-15)16(12)13(10)5-7-17-11(2)18;2*1-2/h3-4H,5-9H2,1-2H3,(H,17,18);2*1-2H3. The molecule has 1 aliphatic carbocycles. The third kappa shape index (κ3) is 4.37. The fraction of sp³-hybridized carbons (Fsp3) is 0.550. The normalized spacial score (nSPS) is 13.8. The van der Waals surface area contributed by atoms with Crippen LogP contribution in [0.15, 0.2) is 17.7 Å². The lowest BCUT2D eigenvalue weighted by atomic mass is 9.95. The van der Waals surface area contributed by atoms with Gasteiger partial charge in [0.1, 0.15) is 5.75 Å². The summed E-state index contributed by atoms with van der Waals surface area (Å²) in [5.74, 6) is 1.09. The van der Waals surface area contributed by atoms with Crippen LogP contribution in [0, 0.1) is 0 Å². The van der Waals surface area contributed by atoms with E-state index in [1.54, 1.807) is 6.92 Å². The number of hydrogen-bond donors (Lipinski definition) is 1. The monoisotopic (exact) mass is 317 g/mol. The van der Waals surface area contributed by atoms with Gasteiger partial charge in [0.25, 0.3) is 0 Å². The van der Waals surface area contributed by atoms with Crippen LogP contribution in [0.4, 0.5) is 0 Å². The molecule has 0 atom stereocenters. The Kier molecular flexibility index (Phi) is 7.87. The smallest absolute Gasteiger partial charge is 0.216 e. The summed E-state index contributed by atoms with van der Waals surface area (Å²) in [5.41, 5.74) is 7.02. The van der Waals surface area contributed by atoms with E-state index in [-0.39, 0.29) is 5.91 Å². The first kappa shape index (κ1) is 19.3. The van der Waals surface area contributed by atoms with Crippen molar-refractivity contribution in [2.24, 2.45) is 0 Å². The van der Waals surface area contributed by atoms with E-state index in [1.807, 2.05) is 27.7 Å². The van der Waals surface area contributed by atoms with Gasteiger partial charge in [-0.2, -0.15) is 0 Å². The van der Waals surface area contributed by atoms with E-state index in [9.17, 15) is 4.79 Å². The lowest BCUT2D eigenvalue weighted by Gasteiger charge is -2.11. The Morgan fingerprint density at radius 1 is 1.22 bits per heavy atom. The highest BCUT2D eigenvalue weighted by atomic mass is 16.5. The lowest BCUT2D eigenvalue weighted by Crippen LogP contribution is -2.21. The third-order valence-corrected chi connectivity index (χ3v) is 3.99. The summed E-state index contributed by atoms with van der Waals surface area (Å²) in [4.78, 5) is 11.0. The predicted octanol–water partition coefficient (Wildman–Crippen LogP) is 4.53. The molecule has 3 rings (SSSR count). The number of nitrogens with one attached hydrogen (secondary N) is 1. The fourth-order valence-corrected chi connectivity index (χ4v) is 3.15. The zero-order valence-electron chi connectivity index (χ0n) is 15.5. The number of rotatable bonds is 3. The largest absolute Gasteiger partial charge is 0.493 e. The minimum absolute atomic E-state index is 0.0399. The maximum Gasteiger partial charge on any atom is 0.216 e. The number of carbonyl (C=O) groups is 1. The number of amides is 1. The van der Waals surface area contributed by atoms with Gasteiger partial charge in [0.05, 0.1) is 6.61 Å². The number of hydrogen-bond acceptors (Lipinski definition) is 2. The molecule has 0 aromatic heterocycles. The molecule has 3 heteroatoms. The molecule has 0 spiro atoms. The van der Waals surface area contributed by atoms with Crippen molar-refractivity contribution in [1.29, 1.82) is 0 Å². The Hall–Kier alpha value is -1.77. The third-order valence-electron chi connectivity index (χ3n) is 3.99. The highest BCUT2D eigenvalue weighted by Crippen LogP contribution is 2.42. The van der Waals surface area contributed by atoms with Crippen molar-refractivity contribution in [3.8, 4) is 5.75 Å². The maximum absolute atomic E-state index is 11.0. The van der Waals surface area contributed by atoms with Crippen molar-refractivity contribution in [2.75, 3.05) is 13.2 Å². The van der Waals surface area contributed by atoms with Crippen molar-refractivity contribution in [3.05, 3.63) is 34.4 Å². The average Bonchev–Trinajstić information content (AvgIpc) is 3.15. The van der Waals surface area contributed by atoms with Gasteiger partial charge in [-0.1, -0.05) is 39.3 Å². The van der Waals surface area contributed by atoms with E-state index < -0.39 is 0 Å². The Balaban J connectivity index is 0.000000615. The van der Waals surface area contributed by atoms with E-state index in [4.69, 9.17) is 4.74 Å². The minimum Gasteiger partial charge on any atom is -0.493 e. The molecule has 0 radical (unpaired) electrons. The van der Waals surface area contributed by atoms with Gasteiger partial charge in [-0.15, -0.1) is 0 Å². The number of ether oxygens (including phenoxy) is 1. The molecule has 2 aliphatic rings.